The van der Waals surface area contributed by atoms with E-state index in [1.807, 2.05) is 17.0 Å². The van der Waals surface area contributed by atoms with Crippen molar-refractivity contribution in [3.63, 3.8) is 0 Å². The van der Waals surface area contributed by atoms with Crippen LogP contribution >= 0.6 is 0 Å². The van der Waals surface area contributed by atoms with Gasteiger partial charge < -0.3 is 14.4 Å². The maximum atomic E-state index is 12.8. The van der Waals surface area contributed by atoms with Gasteiger partial charge in [0.1, 0.15) is 0 Å². The second-order valence-corrected chi connectivity index (χ2v) is 7.10. The lowest BCUT2D eigenvalue weighted by molar-refractivity contribution is -0.119. The normalized spacial score (nSPS) is 29.8. The Labute approximate surface area is 137 Å². The van der Waals surface area contributed by atoms with Gasteiger partial charge in [-0.1, -0.05) is 18.2 Å². The van der Waals surface area contributed by atoms with Crippen molar-refractivity contribution in [2.24, 2.45) is 11.3 Å². The van der Waals surface area contributed by atoms with Gasteiger partial charge >= 0.3 is 0 Å². The van der Waals surface area contributed by atoms with Crippen LogP contribution in [0.15, 0.2) is 24.3 Å². The van der Waals surface area contributed by atoms with Gasteiger partial charge in [-0.3, -0.25) is 9.69 Å². The molecule has 0 radical (unpaired) electrons. The van der Waals surface area contributed by atoms with Gasteiger partial charge in [0.2, 0.25) is 5.91 Å². The van der Waals surface area contributed by atoms with Gasteiger partial charge in [0.05, 0.1) is 26.4 Å². The lowest BCUT2D eigenvalue weighted by Crippen LogP contribution is -2.41. The number of likely N-dealkylation sites (tertiary alicyclic amines) is 1. The highest BCUT2D eigenvalue weighted by Gasteiger charge is 2.51. The molecule has 0 N–H and O–H groups in total. The van der Waals surface area contributed by atoms with Gasteiger partial charge in [0, 0.05) is 43.8 Å². The minimum Gasteiger partial charge on any atom is -0.384 e. The molecule has 2 atom stereocenters. The Kier molecular flexibility index (Phi) is 3.87. The summed E-state index contributed by atoms with van der Waals surface area (Å²) in [4.78, 5) is 17.0. The zero-order valence-corrected chi connectivity index (χ0v) is 13.7. The molecule has 2 saturated heterocycles. The molecular formula is C18H24N2O3. The first-order valence-electron chi connectivity index (χ1n) is 8.39. The van der Waals surface area contributed by atoms with Gasteiger partial charge in [0.15, 0.2) is 0 Å². The molecule has 3 heterocycles. The molecule has 0 bridgehead atoms. The molecule has 1 aromatic carbocycles. The standard InChI is InChI=1S/C18H24N2O3/c1-22-12-18-11-19(8-15(18)10-23-13-18)9-17(21)20-7-6-14-4-2-3-5-16(14)20/h2-5,15H,6-13H2,1H3/t15-,18-/m0/s1. The third-order valence-corrected chi connectivity index (χ3v) is 5.57. The summed E-state index contributed by atoms with van der Waals surface area (Å²) < 4.78 is 11.1. The Bertz CT molecular complexity index is 606. The summed E-state index contributed by atoms with van der Waals surface area (Å²) in [6.07, 6.45) is 0.964. The van der Waals surface area contributed by atoms with Crippen molar-refractivity contribution >= 4 is 11.6 Å². The highest BCUT2D eigenvalue weighted by Crippen LogP contribution is 2.41. The molecule has 3 aliphatic heterocycles. The van der Waals surface area contributed by atoms with Crippen LogP contribution < -0.4 is 4.90 Å². The lowest BCUT2D eigenvalue weighted by atomic mass is 9.82. The van der Waals surface area contributed by atoms with Crippen LogP contribution in [-0.2, 0) is 20.7 Å². The van der Waals surface area contributed by atoms with Gasteiger partial charge in [-0.2, -0.15) is 0 Å². The van der Waals surface area contributed by atoms with Crippen LogP contribution in [-0.4, -0.2) is 63.9 Å². The minimum atomic E-state index is 0.0813. The number of methoxy groups -OCH3 is 1. The number of nitrogens with zero attached hydrogens (tertiary/aromatic N) is 2. The number of ether oxygens (including phenoxy) is 2. The number of amides is 1. The fraction of sp³-hybridized carbons (Fsp3) is 0.611. The van der Waals surface area contributed by atoms with Crippen molar-refractivity contribution < 1.29 is 14.3 Å². The summed E-state index contributed by atoms with van der Waals surface area (Å²) in [5.41, 5.74) is 2.45. The highest BCUT2D eigenvalue weighted by atomic mass is 16.5. The number of hydrogen-bond donors (Lipinski definition) is 0. The molecule has 1 aromatic rings. The predicted molar refractivity (Wildman–Crippen MR) is 87.6 cm³/mol. The number of benzene rings is 1. The molecule has 5 nitrogen and oxygen atoms in total. The van der Waals surface area contributed by atoms with Crippen LogP contribution in [0.25, 0.3) is 0 Å². The fourth-order valence-corrected chi connectivity index (χ4v) is 4.43. The van der Waals surface area contributed by atoms with E-state index in [1.165, 1.54) is 5.56 Å². The number of carbonyl (C=O) groups is 1. The van der Waals surface area contributed by atoms with Crippen LogP contribution in [0.5, 0.6) is 0 Å². The van der Waals surface area contributed by atoms with Crippen molar-refractivity contribution in [2.75, 3.05) is 58.0 Å². The number of rotatable bonds is 4. The Balaban J connectivity index is 1.43. The molecule has 23 heavy (non-hydrogen) atoms. The van der Waals surface area contributed by atoms with Crippen LogP contribution in [0.4, 0.5) is 5.69 Å². The summed E-state index contributed by atoms with van der Waals surface area (Å²) in [6, 6.07) is 8.23. The van der Waals surface area contributed by atoms with E-state index in [2.05, 4.69) is 17.0 Å². The number of fused-ring (bicyclic) bond motifs is 2. The maximum absolute atomic E-state index is 12.8. The highest BCUT2D eigenvalue weighted by molar-refractivity contribution is 5.96. The molecular weight excluding hydrogens is 292 g/mol. The average molecular weight is 316 g/mol. The topological polar surface area (TPSA) is 42.0 Å². The van der Waals surface area contributed by atoms with Gasteiger partial charge in [-0.15, -0.1) is 0 Å². The van der Waals surface area contributed by atoms with E-state index in [4.69, 9.17) is 9.47 Å². The molecule has 2 fully saturated rings. The summed E-state index contributed by atoms with van der Waals surface area (Å²) >= 11 is 0. The average Bonchev–Trinajstić information content (AvgIpc) is 3.19. The Hall–Kier alpha value is -1.43. The quantitative estimate of drug-likeness (QED) is 0.836. The first-order chi connectivity index (χ1) is 11.2. The predicted octanol–water partition coefficient (Wildman–Crippen LogP) is 1.17. The van der Waals surface area contributed by atoms with Gasteiger partial charge in [-0.25, -0.2) is 0 Å². The van der Waals surface area contributed by atoms with Gasteiger partial charge in [0.25, 0.3) is 0 Å². The van der Waals surface area contributed by atoms with Crippen molar-refractivity contribution in [2.45, 2.75) is 6.42 Å². The second-order valence-electron chi connectivity index (χ2n) is 7.10. The van der Waals surface area contributed by atoms with E-state index in [9.17, 15) is 4.79 Å². The molecule has 124 valence electrons. The van der Waals surface area contributed by atoms with E-state index in [1.54, 1.807) is 7.11 Å². The summed E-state index contributed by atoms with van der Waals surface area (Å²) in [5, 5.41) is 0. The third-order valence-electron chi connectivity index (χ3n) is 5.57. The lowest BCUT2D eigenvalue weighted by Gasteiger charge is -2.26. The minimum absolute atomic E-state index is 0.0813. The number of hydrogen-bond acceptors (Lipinski definition) is 4. The van der Waals surface area contributed by atoms with E-state index in [0.717, 1.165) is 51.6 Å². The van der Waals surface area contributed by atoms with Crippen LogP contribution in [0.2, 0.25) is 0 Å². The van der Waals surface area contributed by atoms with Crippen LogP contribution in [0.1, 0.15) is 5.56 Å². The molecule has 0 spiro atoms. The van der Waals surface area contributed by atoms with Gasteiger partial charge in [-0.05, 0) is 18.1 Å². The van der Waals surface area contributed by atoms with E-state index in [0.29, 0.717) is 12.5 Å². The summed E-state index contributed by atoms with van der Waals surface area (Å²) in [5.74, 6) is 0.699. The summed E-state index contributed by atoms with van der Waals surface area (Å²) in [6.45, 7) is 5.40. The molecule has 3 aliphatic rings. The fourth-order valence-electron chi connectivity index (χ4n) is 4.43. The molecule has 0 aromatic heterocycles. The smallest absolute Gasteiger partial charge is 0.241 e. The molecule has 5 heteroatoms. The SMILES string of the molecule is COC[C@@]12COC[C@@H]1CN(CC(=O)N1CCc3ccccc31)C2. The molecule has 4 rings (SSSR count). The van der Waals surface area contributed by atoms with E-state index < -0.39 is 0 Å². The second kappa shape index (κ2) is 5.89. The zero-order chi connectivity index (χ0) is 15.9. The van der Waals surface area contributed by atoms with E-state index >= 15 is 0 Å². The molecule has 0 aliphatic carbocycles. The van der Waals surface area contributed by atoms with Crippen molar-refractivity contribution in [3.8, 4) is 0 Å². The Morgan fingerprint density at radius 2 is 2.30 bits per heavy atom. The number of para-hydroxylation sites is 1. The van der Waals surface area contributed by atoms with Crippen molar-refractivity contribution in [1.29, 1.82) is 0 Å². The van der Waals surface area contributed by atoms with Crippen LogP contribution in [0.3, 0.4) is 0 Å². The Morgan fingerprint density at radius 3 is 3.17 bits per heavy atom. The molecule has 1 amide bonds. The van der Waals surface area contributed by atoms with Crippen LogP contribution in [0, 0.1) is 11.3 Å². The molecule has 0 unspecified atom stereocenters. The number of carbonyl (C=O) groups excluding carboxylic acids is 1. The van der Waals surface area contributed by atoms with E-state index in [-0.39, 0.29) is 11.3 Å². The summed E-state index contributed by atoms with van der Waals surface area (Å²) in [7, 11) is 1.75. The van der Waals surface area contributed by atoms with Crippen molar-refractivity contribution in [3.05, 3.63) is 29.8 Å². The molecule has 0 saturated carbocycles. The largest absolute Gasteiger partial charge is 0.384 e. The monoisotopic (exact) mass is 316 g/mol. The first-order valence-corrected chi connectivity index (χ1v) is 8.39. The maximum Gasteiger partial charge on any atom is 0.241 e. The third kappa shape index (κ3) is 2.57. The zero-order valence-electron chi connectivity index (χ0n) is 13.7. The first kappa shape index (κ1) is 15.1. The van der Waals surface area contributed by atoms with Crippen molar-refractivity contribution in [1.82, 2.24) is 4.90 Å². The number of anilines is 1. The Morgan fingerprint density at radius 1 is 1.43 bits per heavy atom.